The quantitative estimate of drug-likeness (QED) is 0.445. The van der Waals surface area contributed by atoms with Crippen molar-refractivity contribution in [2.24, 2.45) is 0 Å². The van der Waals surface area contributed by atoms with Crippen LogP contribution in [0.4, 0.5) is 11.4 Å². The number of carbonyl (C=O) groups excluding carboxylic acids is 2. The Bertz CT molecular complexity index is 1210. The Hall–Kier alpha value is -3.85. The van der Waals surface area contributed by atoms with Gasteiger partial charge in [0.1, 0.15) is 5.75 Å². The molecule has 0 radical (unpaired) electrons. The van der Waals surface area contributed by atoms with E-state index in [4.69, 9.17) is 4.74 Å². The van der Waals surface area contributed by atoms with Crippen LogP contribution in [0.5, 0.6) is 5.75 Å². The Labute approximate surface area is 193 Å². The van der Waals surface area contributed by atoms with Gasteiger partial charge in [-0.15, -0.1) is 0 Å². The van der Waals surface area contributed by atoms with E-state index in [9.17, 15) is 18.0 Å². The van der Waals surface area contributed by atoms with E-state index in [0.717, 1.165) is 5.56 Å². The lowest BCUT2D eigenvalue weighted by Crippen LogP contribution is -2.32. The van der Waals surface area contributed by atoms with Gasteiger partial charge in [-0.25, -0.2) is 8.42 Å². The molecule has 3 aromatic carbocycles. The molecule has 0 heterocycles. The molecule has 0 spiro atoms. The predicted octanol–water partition coefficient (Wildman–Crippen LogP) is 3.56. The number of ether oxygens (including phenoxy) is 1. The Morgan fingerprint density at radius 1 is 0.848 bits per heavy atom. The van der Waals surface area contributed by atoms with Gasteiger partial charge in [-0.1, -0.05) is 17.7 Å². The fourth-order valence-electron chi connectivity index (χ4n) is 2.89. The van der Waals surface area contributed by atoms with Crippen molar-refractivity contribution in [2.45, 2.75) is 18.7 Å². The van der Waals surface area contributed by atoms with E-state index in [2.05, 4.69) is 15.4 Å². The van der Waals surface area contributed by atoms with Crippen LogP contribution >= 0.6 is 0 Å². The largest absolute Gasteiger partial charge is 0.494 e. The first-order chi connectivity index (χ1) is 15.8. The van der Waals surface area contributed by atoms with Gasteiger partial charge in [0.2, 0.25) is 5.91 Å². The average molecular weight is 468 g/mol. The Kier molecular flexibility index (Phi) is 7.68. The van der Waals surface area contributed by atoms with E-state index in [0.29, 0.717) is 29.3 Å². The molecule has 0 bridgehead atoms. The summed E-state index contributed by atoms with van der Waals surface area (Å²) in [5.74, 6) is -0.132. The zero-order valence-electron chi connectivity index (χ0n) is 18.3. The minimum absolute atomic E-state index is 0.161. The first-order valence-electron chi connectivity index (χ1n) is 10.3. The molecular weight excluding hydrogens is 442 g/mol. The summed E-state index contributed by atoms with van der Waals surface area (Å²) in [7, 11) is -3.71. The van der Waals surface area contributed by atoms with Gasteiger partial charge in [0, 0.05) is 16.9 Å². The van der Waals surface area contributed by atoms with Crippen molar-refractivity contribution in [1.82, 2.24) is 5.32 Å². The lowest BCUT2D eigenvalue weighted by Gasteiger charge is -2.10. The van der Waals surface area contributed by atoms with Crippen LogP contribution in [0.1, 0.15) is 22.8 Å². The van der Waals surface area contributed by atoms with Crippen LogP contribution in [0, 0.1) is 6.92 Å². The number of benzene rings is 3. The first kappa shape index (κ1) is 23.8. The summed E-state index contributed by atoms with van der Waals surface area (Å²) < 4.78 is 32.8. The summed E-state index contributed by atoms with van der Waals surface area (Å²) in [6.07, 6.45) is 0. The van der Waals surface area contributed by atoms with Crippen LogP contribution in [-0.4, -0.2) is 33.4 Å². The molecule has 3 N–H and O–H groups in total. The molecule has 3 rings (SSSR count). The SMILES string of the molecule is CCOc1ccc(C(=O)NCC(=O)Nc2ccc(NS(=O)(=O)c3ccc(C)cc3)cc2)cc1. The standard InChI is InChI=1S/C24H25N3O5S/c1-3-32-21-12-6-18(7-13-21)24(29)25-16-23(28)26-19-8-10-20(11-9-19)27-33(30,31)22-14-4-17(2)5-15-22/h4-15,27H,3,16H2,1-2H3,(H,25,29)(H,26,28). The summed E-state index contributed by atoms with van der Waals surface area (Å²) >= 11 is 0. The molecule has 172 valence electrons. The molecule has 0 aliphatic carbocycles. The number of hydrogen-bond donors (Lipinski definition) is 3. The highest BCUT2D eigenvalue weighted by Crippen LogP contribution is 2.19. The van der Waals surface area contributed by atoms with Crippen LogP contribution in [-0.2, 0) is 14.8 Å². The number of rotatable bonds is 9. The minimum atomic E-state index is -3.71. The van der Waals surface area contributed by atoms with Gasteiger partial charge in [-0.2, -0.15) is 0 Å². The fourth-order valence-corrected chi connectivity index (χ4v) is 3.95. The van der Waals surface area contributed by atoms with E-state index in [1.807, 2.05) is 13.8 Å². The molecule has 3 aromatic rings. The van der Waals surface area contributed by atoms with E-state index in [-0.39, 0.29) is 17.3 Å². The summed E-state index contributed by atoms with van der Waals surface area (Å²) in [6.45, 7) is 4.07. The van der Waals surface area contributed by atoms with Crippen molar-refractivity contribution in [3.63, 3.8) is 0 Å². The highest BCUT2D eigenvalue weighted by atomic mass is 32.2. The maximum atomic E-state index is 12.5. The molecule has 0 atom stereocenters. The number of sulfonamides is 1. The molecule has 0 saturated heterocycles. The van der Waals surface area contributed by atoms with Crippen molar-refractivity contribution in [3.8, 4) is 5.75 Å². The van der Waals surface area contributed by atoms with Crippen LogP contribution in [0.15, 0.2) is 77.7 Å². The second-order valence-electron chi connectivity index (χ2n) is 7.18. The van der Waals surface area contributed by atoms with Gasteiger partial charge in [0.15, 0.2) is 0 Å². The molecule has 0 saturated carbocycles. The average Bonchev–Trinajstić information content (AvgIpc) is 2.79. The highest BCUT2D eigenvalue weighted by molar-refractivity contribution is 7.92. The van der Waals surface area contributed by atoms with Gasteiger partial charge in [0.25, 0.3) is 15.9 Å². The smallest absolute Gasteiger partial charge is 0.261 e. The Balaban J connectivity index is 1.51. The van der Waals surface area contributed by atoms with Crippen molar-refractivity contribution in [2.75, 3.05) is 23.2 Å². The molecule has 0 unspecified atom stereocenters. The van der Waals surface area contributed by atoms with E-state index < -0.39 is 15.9 Å². The van der Waals surface area contributed by atoms with E-state index in [1.165, 1.54) is 12.1 Å². The molecule has 33 heavy (non-hydrogen) atoms. The third-order valence-electron chi connectivity index (χ3n) is 4.59. The van der Waals surface area contributed by atoms with E-state index >= 15 is 0 Å². The van der Waals surface area contributed by atoms with Gasteiger partial charge < -0.3 is 15.4 Å². The normalized spacial score (nSPS) is 10.8. The number of anilines is 2. The maximum absolute atomic E-state index is 12.5. The van der Waals surface area contributed by atoms with Gasteiger partial charge in [-0.3, -0.25) is 14.3 Å². The van der Waals surface area contributed by atoms with Crippen LogP contribution in [0.2, 0.25) is 0 Å². The molecule has 0 aliphatic heterocycles. The lowest BCUT2D eigenvalue weighted by molar-refractivity contribution is -0.115. The van der Waals surface area contributed by atoms with Crippen molar-refractivity contribution in [3.05, 3.63) is 83.9 Å². The highest BCUT2D eigenvalue weighted by Gasteiger charge is 2.14. The second kappa shape index (κ2) is 10.6. The first-order valence-corrected chi connectivity index (χ1v) is 11.8. The molecule has 0 fully saturated rings. The predicted molar refractivity (Wildman–Crippen MR) is 127 cm³/mol. The molecule has 2 amide bonds. The van der Waals surface area contributed by atoms with Crippen molar-refractivity contribution >= 4 is 33.2 Å². The fraction of sp³-hybridized carbons (Fsp3) is 0.167. The van der Waals surface area contributed by atoms with Crippen LogP contribution < -0.4 is 20.1 Å². The number of aryl methyl sites for hydroxylation is 1. The summed E-state index contributed by atoms with van der Waals surface area (Å²) in [6, 6.07) is 19.4. The summed E-state index contributed by atoms with van der Waals surface area (Å²) in [5, 5.41) is 5.20. The van der Waals surface area contributed by atoms with Crippen LogP contribution in [0.25, 0.3) is 0 Å². The second-order valence-corrected chi connectivity index (χ2v) is 8.87. The maximum Gasteiger partial charge on any atom is 0.261 e. The monoisotopic (exact) mass is 467 g/mol. The van der Waals surface area contributed by atoms with Gasteiger partial charge >= 0.3 is 0 Å². The number of nitrogens with one attached hydrogen (secondary N) is 3. The van der Waals surface area contributed by atoms with Crippen LogP contribution in [0.3, 0.4) is 0 Å². The third-order valence-corrected chi connectivity index (χ3v) is 5.99. The zero-order valence-corrected chi connectivity index (χ0v) is 19.1. The molecule has 0 aromatic heterocycles. The van der Waals surface area contributed by atoms with Crippen molar-refractivity contribution < 1.29 is 22.7 Å². The summed E-state index contributed by atoms with van der Waals surface area (Å²) in [5.41, 5.74) is 2.20. The topological polar surface area (TPSA) is 114 Å². The number of hydrogen-bond acceptors (Lipinski definition) is 5. The number of carbonyl (C=O) groups is 2. The molecular formula is C24H25N3O5S. The lowest BCUT2D eigenvalue weighted by atomic mass is 10.2. The zero-order chi connectivity index (χ0) is 23.8. The van der Waals surface area contributed by atoms with Gasteiger partial charge in [0.05, 0.1) is 18.0 Å². The van der Waals surface area contributed by atoms with E-state index in [1.54, 1.807) is 60.7 Å². The number of amides is 2. The molecule has 9 heteroatoms. The van der Waals surface area contributed by atoms with Gasteiger partial charge in [-0.05, 0) is 74.5 Å². The molecule has 0 aliphatic rings. The summed E-state index contributed by atoms with van der Waals surface area (Å²) in [4.78, 5) is 24.5. The van der Waals surface area contributed by atoms with Crippen molar-refractivity contribution in [1.29, 1.82) is 0 Å². The minimum Gasteiger partial charge on any atom is -0.494 e. The third kappa shape index (κ3) is 6.81. The molecule has 8 nitrogen and oxygen atoms in total. The Morgan fingerprint density at radius 3 is 2.06 bits per heavy atom. The Morgan fingerprint density at radius 2 is 1.45 bits per heavy atom.